The molecule has 0 saturated carbocycles. The monoisotopic (exact) mass is 314 g/mol. The topological polar surface area (TPSA) is 40.6 Å². The Morgan fingerprint density at radius 1 is 1.50 bits per heavy atom. The molecule has 0 radical (unpaired) electrons. The quantitative estimate of drug-likeness (QED) is 0.783. The summed E-state index contributed by atoms with van der Waals surface area (Å²) in [5.41, 5.74) is 0. The maximum absolute atomic E-state index is 12.2. The number of likely N-dealkylation sites (tertiary alicyclic amines) is 1. The zero-order chi connectivity index (χ0) is 14.5. The van der Waals surface area contributed by atoms with Crippen molar-refractivity contribution in [1.82, 2.24) is 9.80 Å². The molecule has 20 heavy (non-hydrogen) atoms. The summed E-state index contributed by atoms with van der Waals surface area (Å²) in [7, 11) is 1.81. The average molecular weight is 315 g/mol. The number of halogens is 1. The molecule has 0 atom stereocenters. The second-order valence-corrected chi connectivity index (χ2v) is 7.00. The molecule has 1 amide bonds. The summed E-state index contributed by atoms with van der Waals surface area (Å²) in [5, 5.41) is 0. The van der Waals surface area contributed by atoms with Crippen molar-refractivity contribution in [2.45, 2.75) is 19.4 Å². The third-order valence-corrected chi connectivity index (χ3v) is 4.85. The molecular weight excluding hydrogens is 296 g/mol. The minimum Gasteiger partial charge on any atom is -0.340 e. The Labute approximate surface area is 128 Å². The van der Waals surface area contributed by atoms with Crippen molar-refractivity contribution in [2.24, 2.45) is 5.92 Å². The maximum atomic E-state index is 12.2. The number of hydrogen-bond acceptors (Lipinski definition) is 4. The predicted molar refractivity (Wildman–Crippen MR) is 81.0 cm³/mol. The molecule has 0 bridgehead atoms. The molecule has 0 unspecified atom stereocenters. The first kappa shape index (κ1) is 15.5. The first-order chi connectivity index (χ1) is 9.58. The highest BCUT2D eigenvalue weighted by molar-refractivity contribution is 7.16. The van der Waals surface area contributed by atoms with Crippen molar-refractivity contribution in [2.75, 3.05) is 26.7 Å². The number of piperidine rings is 1. The van der Waals surface area contributed by atoms with Gasteiger partial charge in [0.15, 0.2) is 0 Å². The van der Waals surface area contributed by atoms with Crippen LogP contribution in [0.3, 0.4) is 0 Å². The SMILES string of the molecule is CN(Cc1ccc(Cl)s1)C(=O)CN1CCC(C=O)CC1. The Morgan fingerprint density at radius 3 is 2.75 bits per heavy atom. The van der Waals surface area contributed by atoms with Crippen LogP contribution in [-0.4, -0.2) is 48.7 Å². The molecule has 1 aromatic rings. The minimum atomic E-state index is 0.110. The molecule has 0 N–H and O–H groups in total. The lowest BCUT2D eigenvalue weighted by Crippen LogP contribution is -2.42. The van der Waals surface area contributed by atoms with Crippen LogP contribution in [0.15, 0.2) is 12.1 Å². The fourth-order valence-corrected chi connectivity index (χ4v) is 3.46. The van der Waals surface area contributed by atoms with Crippen LogP contribution >= 0.6 is 22.9 Å². The van der Waals surface area contributed by atoms with E-state index in [1.54, 1.807) is 4.90 Å². The largest absolute Gasteiger partial charge is 0.340 e. The Hall–Kier alpha value is -0.910. The van der Waals surface area contributed by atoms with Crippen molar-refractivity contribution in [3.05, 3.63) is 21.3 Å². The molecule has 1 aliphatic rings. The number of amides is 1. The van der Waals surface area contributed by atoms with Gasteiger partial charge in [0.25, 0.3) is 0 Å². The summed E-state index contributed by atoms with van der Waals surface area (Å²) in [5.74, 6) is 0.284. The molecule has 4 nitrogen and oxygen atoms in total. The van der Waals surface area contributed by atoms with Gasteiger partial charge in [-0.15, -0.1) is 11.3 Å². The van der Waals surface area contributed by atoms with E-state index >= 15 is 0 Å². The third kappa shape index (κ3) is 4.30. The van der Waals surface area contributed by atoms with Crippen LogP contribution in [-0.2, 0) is 16.1 Å². The van der Waals surface area contributed by atoms with Gasteiger partial charge in [0, 0.05) is 17.8 Å². The lowest BCUT2D eigenvalue weighted by atomic mass is 9.99. The normalized spacial score (nSPS) is 17.1. The zero-order valence-corrected chi connectivity index (χ0v) is 13.1. The van der Waals surface area contributed by atoms with Gasteiger partial charge >= 0.3 is 0 Å². The lowest BCUT2D eigenvalue weighted by Gasteiger charge is -2.30. The van der Waals surface area contributed by atoms with Gasteiger partial charge in [-0.3, -0.25) is 9.69 Å². The summed E-state index contributed by atoms with van der Waals surface area (Å²) in [4.78, 5) is 27.8. The van der Waals surface area contributed by atoms with Crippen LogP contribution in [0.2, 0.25) is 4.34 Å². The van der Waals surface area contributed by atoms with Gasteiger partial charge in [0.05, 0.1) is 17.4 Å². The van der Waals surface area contributed by atoms with E-state index in [2.05, 4.69) is 4.90 Å². The Balaban J connectivity index is 1.78. The van der Waals surface area contributed by atoms with Crippen molar-refractivity contribution >= 4 is 35.1 Å². The van der Waals surface area contributed by atoms with Crippen LogP contribution in [0.4, 0.5) is 0 Å². The van der Waals surface area contributed by atoms with E-state index in [1.165, 1.54) is 11.3 Å². The minimum absolute atomic E-state index is 0.110. The maximum Gasteiger partial charge on any atom is 0.236 e. The summed E-state index contributed by atoms with van der Waals surface area (Å²) in [6, 6.07) is 3.80. The number of hydrogen-bond donors (Lipinski definition) is 0. The molecule has 2 rings (SSSR count). The van der Waals surface area contributed by atoms with Gasteiger partial charge in [-0.2, -0.15) is 0 Å². The van der Waals surface area contributed by atoms with E-state index in [0.717, 1.165) is 41.4 Å². The average Bonchev–Trinajstić information content (AvgIpc) is 2.85. The van der Waals surface area contributed by atoms with Gasteiger partial charge in [-0.05, 0) is 38.1 Å². The fraction of sp³-hybridized carbons (Fsp3) is 0.571. The molecule has 0 aliphatic carbocycles. The fourth-order valence-electron chi connectivity index (χ4n) is 2.32. The summed E-state index contributed by atoms with van der Waals surface area (Å²) in [6.07, 6.45) is 2.76. The van der Waals surface area contributed by atoms with Gasteiger partial charge in [0.2, 0.25) is 5.91 Å². The molecule has 1 aliphatic heterocycles. The van der Waals surface area contributed by atoms with Crippen molar-refractivity contribution < 1.29 is 9.59 Å². The Morgan fingerprint density at radius 2 is 2.20 bits per heavy atom. The van der Waals surface area contributed by atoms with E-state index in [1.807, 2.05) is 19.2 Å². The molecule has 1 saturated heterocycles. The summed E-state index contributed by atoms with van der Waals surface area (Å²) in [6.45, 7) is 2.68. The van der Waals surface area contributed by atoms with Crippen LogP contribution < -0.4 is 0 Å². The highest BCUT2D eigenvalue weighted by Crippen LogP contribution is 2.22. The number of rotatable bonds is 5. The van der Waals surface area contributed by atoms with Crippen molar-refractivity contribution in [1.29, 1.82) is 0 Å². The Bertz CT molecular complexity index is 469. The van der Waals surface area contributed by atoms with E-state index in [-0.39, 0.29) is 11.8 Å². The third-order valence-electron chi connectivity index (χ3n) is 3.63. The molecule has 1 fully saturated rings. The summed E-state index contributed by atoms with van der Waals surface area (Å²) < 4.78 is 0.747. The molecule has 110 valence electrons. The second kappa shape index (κ2) is 7.20. The van der Waals surface area contributed by atoms with Gasteiger partial charge in [-0.1, -0.05) is 11.6 Å². The number of carbonyl (C=O) groups excluding carboxylic acids is 2. The van der Waals surface area contributed by atoms with Gasteiger partial charge < -0.3 is 9.69 Å². The standard InChI is InChI=1S/C14H19ClN2O2S/c1-16(8-12-2-3-13(15)20-12)14(19)9-17-6-4-11(10-18)5-7-17/h2-3,10-11H,4-9H2,1H3. The number of thiophene rings is 1. The van der Waals surface area contributed by atoms with E-state index in [9.17, 15) is 9.59 Å². The number of likely N-dealkylation sites (N-methyl/N-ethyl adjacent to an activating group) is 1. The van der Waals surface area contributed by atoms with E-state index in [0.29, 0.717) is 13.1 Å². The lowest BCUT2D eigenvalue weighted by molar-refractivity contribution is -0.132. The van der Waals surface area contributed by atoms with Crippen molar-refractivity contribution in [3.8, 4) is 0 Å². The Kier molecular flexibility index (Phi) is 5.57. The first-order valence-corrected chi connectivity index (χ1v) is 7.93. The zero-order valence-electron chi connectivity index (χ0n) is 11.5. The van der Waals surface area contributed by atoms with Crippen LogP contribution in [0.1, 0.15) is 17.7 Å². The smallest absolute Gasteiger partial charge is 0.236 e. The molecule has 6 heteroatoms. The van der Waals surface area contributed by atoms with Gasteiger partial charge in [-0.25, -0.2) is 0 Å². The highest BCUT2D eigenvalue weighted by Gasteiger charge is 2.21. The second-order valence-electron chi connectivity index (χ2n) is 5.21. The number of nitrogens with zero attached hydrogens (tertiary/aromatic N) is 2. The van der Waals surface area contributed by atoms with Gasteiger partial charge in [0.1, 0.15) is 6.29 Å². The molecule has 2 heterocycles. The predicted octanol–water partition coefficient (Wildman–Crippen LogP) is 2.27. The molecule has 0 spiro atoms. The van der Waals surface area contributed by atoms with Crippen LogP contribution in [0, 0.1) is 5.92 Å². The molecule has 0 aromatic carbocycles. The molecular formula is C14H19ClN2O2S. The van der Waals surface area contributed by atoms with E-state index < -0.39 is 0 Å². The van der Waals surface area contributed by atoms with Crippen LogP contribution in [0.5, 0.6) is 0 Å². The van der Waals surface area contributed by atoms with Crippen molar-refractivity contribution in [3.63, 3.8) is 0 Å². The number of carbonyl (C=O) groups is 2. The number of aldehydes is 1. The first-order valence-electron chi connectivity index (χ1n) is 6.74. The summed E-state index contributed by atoms with van der Waals surface area (Å²) >= 11 is 7.39. The highest BCUT2D eigenvalue weighted by atomic mass is 35.5. The van der Waals surface area contributed by atoms with E-state index in [4.69, 9.17) is 11.6 Å². The molecule has 1 aromatic heterocycles. The van der Waals surface area contributed by atoms with Crippen LogP contribution in [0.25, 0.3) is 0 Å².